The lowest BCUT2D eigenvalue weighted by molar-refractivity contribution is 0.107. The van der Waals surface area contributed by atoms with Crippen LogP contribution in [-0.4, -0.2) is 77.4 Å². The highest BCUT2D eigenvalue weighted by atomic mass is 19.2. The molecule has 2 aromatic carbocycles. The third kappa shape index (κ3) is 4.55. The molecule has 1 N–H and O–H groups in total. The van der Waals surface area contributed by atoms with Gasteiger partial charge in [0.25, 0.3) is 0 Å². The number of ether oxygens (including phenoxy) is 1. The fourth-order valence-electron chi connectivity index (χ4n) is 7.06. The number of pyridine rings is 1. The van der Waals surface area contributed by atoms with E-state index in [1.807, 2.05) is 11.9 Å². The Kier molecular flexibility index (Phi) is 6.86. The summed E-state index contributed by atoms with van der Waals surface area (Å²) in [5, 5.41) is 4.20. The number of benzene rings is 2. The van der Waals surface area contributed by atoms with Crippen molar-refractivity contribution in [2.24, 2.45) is 0 Å². The summed E-state index contributed by atoms with van der Waals surface area (Å²) in [7, 11) is 1.89. The zero-order chi connectivity index (χ0) is 29.9. The zero-order valence-corrected chi connectivity index (χ0v) is 23.6. The Bertz CT molecular complexity index is 1790. The first kappa shape index (κ1) is 27.8. The fraction of sp³-hybridized carbons (Fsp3) is 0.406. The van der Waals surface area contributed by atoms with Crippen molar-refractivity contribution in [3.63, 3.8) is 0 Å². The molecule has 3 aliphatic rings. The number of aromatic nitrogens is 3. The van der Waals surface area contributed by atoms with Crippen LogP contribution in [0.3, 0.4) is 0 Å². The molecule has 222 valence electrons. The Morgan fingerprint density at radius 1 is 1.23 bits per heavy atom. The second-order valence-corrected chi connectivity index (χ2v) is 11.7. The second kappa shape index (κ2) is 10.6. The molecule has 0 bridgehead atoms. The van der Waals surface area contributed by atoms with Gasteiger partial charge in [-0.3, -0.25) is 9.88 Å². The van der Waals surface area contributed by atoms with E-state index in [4.69, 9.17) is 16.1 Å². The van der Waals surface area contributed by atoms with Crippen LogP contribution in [0.25, 0.3) is 32.9 Å². The average molecular weight is 591 g/mol. The summed E-state index contributed by atoms with van der Waals surface area (Å²) in [6.45, 7) is 2.95. The standard InChI is InChI=1S/C32H30F4N6O/c1-3-21-25-18(12-24(34)26(21)35)6-4-7-22(25)28-27(36)29-23(15-38-28)30(41(2)20-8-10-37-14-20)40-31(39-29)43-17-32-9-5-11-42(32)16-19(33)13-32/h1,4,6-7,12,15,19-20,37H,5,8-11,13-14,16-17H2,2H3/t19-,20-,32+/m1/s1. The van der Waals surface area contributed by atoms with Gasteiger partial charge in [-0.05, 0) is 43.8 Å². The van der Waals surface area contributed by atoms with E-state index < -0.39 is 29.2 Å². The van der Waals surface area contributed by atoms with Crippen LogP contribution in [0.5, 0.6) is 6.01 Å². The van der Waals surface area contributed by atoms with Crippen molar-refractivity contribution < 1.29 is 22.3 Å². The summed E-state index contributed by atoms with van der Waals surface area (Å²) in [5.41, 5.74) is -0.677. The van der Waals surface area contributed by atoms with E-state index in [1.54, 1.807) is 18.2 Å². The predicted octanol–water partition coefficient (Wildman–Crippen LogP) is 5.00. The number of hydrogen-bond acceptors (Lipinski definition) is 7. The van der Waals surface area contributed by atoms with E-state index in [1.165, 1.54) is 6.20 Å². The number of halogens is 4. The minimum Gasteiger partial charge on any atom is -0.461 e. The summed E-state index contributed by atoms with van der Waals surface area (Å²) in [5.74, 6) is -0.363. The quantitative estimate of drug-likeness (QED) is 0.251. The molecule has 3 aliphatic heterocycles. The van der Waals surface area contributed by atoms with Crippen LogP contribution in [0.2, 0.25) is 0 Å². The first-order chi connectivity index (χ1) is 20.8. The molecule has 0 amide bonds. The van der Waals surface area contributed by atoms with Gasteiger partial charge in [0.15, 0.2) is 17.5 Å². The van der Waals surface area contributed by atoms with Gasteiger partial charge in [0.1, 0.15) is 29.8 Å². The van der Waals surface area contributed by atoms with Crippen molar-refractivity contribution in [1.29, 1.82) is 0 Å². The summed E-state index contributed by atoms with van der Waals surface area (Å²) < 4.78 is 66.2. The molecule has 7 rings (SSSR count). The van der Waals surface area contributed by atoms with Gasteiger partial charge in [-0.1, -0.05) is 24.1 Å². The Labute approximate surface area is 246 Å². The maximum atomic E-state index is 16.6. The molecule has 0 unspecified atom stereocenters. The van der Waals surface area contributed by atoms with Gasteiger partial charge in [0.05, 0.1) is 16.5 Å². The van der Waals surface area contributed by atoms with Gasteiger partial charge in [0, 0.05) is 49.7 Å². The maximum Gasteiger partial charge on any atom is 0.319 e. The van der Waals surface area contributed by atoms with Crippen LogP contribution in [0, 0.1) is 29.8 Å². The van der Waals surface area contributed by atoms with E-state index >= 15 is 4.39 Å². The molecule has 3 atom stereocenters. The number of likely N-dealkylation sites (N-methyl/N-ethyl adjacent to an activating group) is 1. The normalized spacial score (nSPS) is 23.6. The zero-order valence-electron chi connectivity index (χ0n) is 23.6. The van der Waals surface area contributed by atoms with Crippen LogP contribution >= 0.6 is 0 Å². The van der Waals surface area contributed by atoms with Crippen LogP contribution in [0.1, 0.15) is 31.2 Å². The molecule has 4 aromatic rings. The van der Waals surface area contributed by atoms with E-state index in [0.717, 1.165) is 45.0 Å². The van der Waals surface area contributed by atoms with Crippen molar-refractivity contribution in [3.05, 3.63) is 53.5 Å². The molecule has 0 radical (unpaired) electrons. The SMILES string of the molecule is C#Cc1c(F)c(F)cc2cccc(-c3ncc4c(N(C)[C@@H]5CCNC5)nc(OC[C@@]56CCCN5C[C@H](F)C6)nc4c3F)c12. The largest absolute Gasteiger partial charge is 0.461 e. The molecule has 0 saturated carbocycles. The Morgan fingerprint density at radius 3 is 2.88 bits per heavy atom. The van der Waals surface area contributed by atoms with Gasteiger partial charge in [-0.25, -0.2) is 17.6 Å². The van der Waals surface area contributed by atoms with Gasteiger partial charge in [0.2, 0.25) is 0 Å². The lowest BCUT2D eigenvalue weighted by atomic mass is 9.95. The van der Waals surface area contributed by atoms with Crippen LogP contribution < -0.4 is 15.0 Å². The smallest absolute Gasteiger partial charge is 0.319 e. The number of terminal acetylenes is 1. The third-order valence-corrected chi connectivity index (χ3v) is 9.25. The molecule has 2 aromatic heterocycles. The van der Waals surface area contributed by atoms with E-state index in [0.29, 0.717) is 29.6 Å². The number of nitrogens with one attached hydrogen (secondary N) is 1. The number of nitrogens with zero attached hydrogens (tertiary/aromatic N) is 5. The van der Waals surface area contributed by atoms with Gasteiger partial charge >= 0.3 is 6.01 Å². The van der Waals surface area contributed by atoms with Gasteiger partial charge in [-0.15, -0.1) is 6.42 Å². The lowest BCUT2D eigenvalue weighted by Crippen LogP contribution is -2.43. The van der Waals surface area contributed by atoms with E-state index in [-0.39, 0.29) is 46.4 Å². The van der Waals surface area contributed by atoms with Crippen molar-refractivity contribution in [2.75, 3.05) is 44.7 Å². The van der Waals surface area contributed by atoms with Crippen LogP contribution in [-0.2, 0) is 0 Å². The number of anilines is 1. The van der Waals surface area contributed by atoms with Crippen LogP contribution in [0.4, 0.5) is 23.4 Å². The highest BCUT2D eigenvalue weighted by molar-refractivity contribution is 6.02. The Balaban J connectivity index is 1.37. The summed E-state index contributed by atoms with van der Waals surface area (Å²) in [4.78, 5) is 17.7. The topological polar surface area (TPSA) is 66.4 Å². The molecular weight excluding hydrogens is 560 g/mol. The summed E-state index contributed by atoms with van der Waals surface area (Å²) in [6.07, 6.45) is 9.15. The first-order valence-corrected chi connectivity index (χ1v) is 14.5. The maximum absolute atomic E-state index is 16.6. The van der Waals surface area contributed by atoms with Gasteiger partial charge < -0.3 is 15.0 Å². The predicted molar refractivity (Wildman–Crippen MR) is 156 cm³/mol. The highest BCUT2D eigenvalue weighted by Crippen LogP contribution is 2.41. The van der Waals surface area contributed by atoms with Crippen molar-refractivity contribution >= 4 is 27.5 Å². The van der Waals surface area contributed by atoms with Crippen LogP contribution in [0.15, 0.2) is 30.5 Å². The average Bonchev–Trinajstić information content (AvgIpc) is 3.73. The minimum absolute atomic E-state index is 0.0183. The lowest BCUT2D eigenvalue weighted by Gasteiger charge is -2.31. The van der Waals surface area contributed by atoms with Crippen molar-refractivity contribution in [1.82, 2.24) is 25.2 Å². The molecule has 43 heavy (non-hydrogen) atoms. The van der Waals surface area contributed by atoms with E-state index in [9.17, 15) is 13.2 Å². The molecular formula is C32H30F4N6O. The molecule has 11 heteroatoms. The fourth-order valence-corrected chi connectivity index (χ4v) is 7.06. The summed E-state index contributed by atoms with van der Waals surface area (Å²) >= 11 is 0. The number of fused-ring (bicyclic) bond motifs is 3. The molecule has 7 nitrogen and oxygen atoms in total. The second-order valence-electron chi connectivity index (χ2n) is 11.7. The number of alkyl halides is 1. The molecule has 3 saturated heterocycles. The highest BCUT2D eigenvalue weighted by Gasteiger charge is 2.49. The Morgan fingerprint density at radius 2 is 2.09 bits per heavy atom. The van der Waals surface area contributed by atoms with Gasteiger partial charge in [-0.2, -0.15) is 9.97 Å². The number of rotatable bonds is 6. The van der Waals surface area contributed by atoms with Crippen molar-refractivity contribution in [3.8, 4) is 29.6 Å². The molecule has 3 fully saturated rings. The van der Waals surface area contributed by atoms with Crippen molar-refractivity contribution in [2.45, 2.75) is 43.4 Å². The number of hydrogen-bond donors (Lipinski definition) is 1. The third-order valence-electron chi connectivity index (χ3n) is 9.25. The first-order valence-electron chi connectivity index (χ1n) is 14.5. The molecule has 0 spiro atoms. The monoisotopic (exact) mass is 590 g/mol. The minimum atomic E-state index is -1.18. The van der Waals surface area contributed by atoms with E-state index in [2.05, 4.69) is 26.1 Å². The Hall–Kier alpha value is -4.01. The summed E-state index contributed by atoms with van der Waals surface area (Å²) in [6, 6.07) is 5.86. The molecule has 5 heterocycles. The molecule has 0 aliphatic carbocycles.